The lowest BCUT2D eigenvalue weighted by Gasteiger charge is -2.09. The molecule has 0 bridgehead atoms. The first-order valence-electron chi connectivity index (χ1n) is 6.05. The van der Waals surface area contributed by atoms with E-state index in [9.17, 15) is 9.59 Å². The highest BCUT2D eigenvalue weighted by molar-refractivity contribution is 6.37. The molecule has 0 amide bonds. The number of carbonyl (C=O) groups excluding carboxylic acids is 2. The summed E-state index contributed by atoms with van der Waals surface area (Å²) in [6, 6.07) is 9.46. The van der Waals surface area contributed by atoms with Crippen LogP contribution >= 0.6 is 11.6 Å². The highest BCUT2D eigenvalue weighted by Crippen LogP contribution is 2.27. The third-order valence-electron chi connectivity index (χ3n) is 2.97. The van der Waals surface area contributed by atoms with Gasteiger partial charge in [0, 0.05) is 22.8 Å². The molecule has 0 unspecified atom stereocenters. The summed E-state index contributed by atoms with van der Waals surface area (Å²) in [5.41, 5.74) is 0.737. The van der Waals surface area contributed by atoms with Gasteiger partial charge in [-0.05, 0) is 24.3 Å². The van der Waals surface area contributed by atoms with Gasteiger partial charge < -0.3 is 9.47 Å². The summed E-state index contributed by atoms with van der Waals surface area (Å²) in [6.07, 6.45) is 1.70. The van der Waals surface area contributed by atoms with E-state index in [0.717, 1.165) is 0 Å². The average Bonchev–Trinajstić information content (AvgIpc) is 2.53. The predicted octanol–water partition coefficient (Wildman–Crippen LogP) is 3.05. The van der Waals surface area contributed by atoms with Gasteiger partial charge in [0.2, 0.25) is 6.29 Å². The van der Waals surface area contributed by atoms with Gasteiger partial charge in [0.15, 0.2) is 5.78 Å². The fourth-order valence-corrected chi connectivity index (χ4v) is 2.13. The van der Waals surface area contributed by atoms with Gasteiger partial charge in [-0.25, -0.2) is 0 Å². The zero-order valence-electron chi connectivity index (χ0n) is 11.5. The maximum absolute atomic E-state index is 12.5. The van der Waals surface area contributed by atoms with Crippen LogP contribution in [0.5, 0.6) is 11.5 Å². The molecule has 0 atom stereocenters. The Kier molecular flexibility index (Phi) is 4.60. The lowest BCUT2D eigenvalue weighted by molar-refractivity contribution is 0.103. The molecule has 0 saturated heterocycles. The van der Waals surface area contributed by atoms with Crippen molar-refractivity contribution in [2.75, 3.05) is 14.2 Å². The van der Waals surface area contributed by atoms with E-state index in [1.807, 2.05) is 0 Å². The number of ether oxygens (including phenoxy) is 2. The standard InChI is InChI=1S/C16H12ClO4/c1-20-12-6-11(7-13(8-12)21-2)16(19)14-5-3-4-10(9-18)15(14)17/h3-8H,1-2H3. The lowest BCUT2D eigenvalue weighted by atomic mass is 10.0. The minimum Gasteiger partial charge on any atom is -0.497 e. The largest absolute Gasteiger partial charge is 0.497 e. The molecule has 0 saturated carbocycles. The van der Waals surface area contributed by atoms with E-state index in [1.54, 1.807) is 36.6 Å². The van der Waals surface area contributed by atoms with E-state index < -0.39 is 0 Å². The molecular formula is C16H12ClO4. The van der Waals surface area contributed by atoms with Crippen LogP contribution in [0.2, 0.25) is 5.02 Å². The number of halogens is 1. The van der Waals surface area contributed by atoms with Gasteiger partial charge in [0.1, 0.15) is 11.5 Å². The maximum Gasteiger partial charge on any atom is 0.235 e. The number of carbonyl (C=O) groups is 1. The van der Waals surface area contributed by atoms with Gasteiger partial charge >= 0.3 is 0 Å². The van der Waals surface area contributed by atoms with Crippen molar-refractivity contribution >= 4 is 23.7 Å². The van der Waals surface area contributed by atoms with Crippen molar-refractivity contribution in [1.82, 2.24) is 0 Å². The van der Waals surface area contributed by atoms with Crippen LogP contribution in [-0.2, 0) is 4.79 Å². The molecule has 4 nitrogen and oxygen atoms in total. The topological polar surface area (TPSA) is 52.6 Å². The molecule has 5 heteroatoms. The molecule has 21 heavy (non-hydrogen) atoms. The SMILES string of the molecule is COc1cc(OC)cc(C(=O)c2cccc([C]=O)c2Cl)c1. The predicted molar refractivity (Wildman–Crippen MR) is 79.2 cm³/mol. The third-order valence-corrected chi connectivity index (χ3v) is 3.37. The van der Waals surface area contributed by atoms with Crippen LogP contribution in [0, 0.1) is 0 Å². The quantitative estimate of drug-likeness (QED) is 0.797. The van der Waals surface area contributed by atoms with E-state index in [0.29, 0.717) is 17.1 Å². The van der Waals surface area contributed by atoms with Crippen LogP contribution in [-0.4, -0.2) is 26.3 Å². The first-order valence-corrected chi connectivity index (χ1v) is 6.43. The average molecular weight is 304 g/mol. The fourth-order valence-electron chi connectivity index (χ4n) is 1.88. The first kappa shape index (κ1) is 15.1. The number of methoxy groups -OCH3 is 2. The van der Waals surface area contributed by atoms with Gasteiger partial charge in [0.25, 0.3) is 0 Å². The second-order valence-electron chi connectivity index (χ2n) is 4.20. The highest BCUT2D eigenvalue weighted by Gasteiger charge is 2.17. The van der Waals surface area contributed by atoms with Crippen molar-refractivity contribution in [3.63, 3.8) is 0 Å². The summed E-state index contributed by atoms with van der Waals surface area (Å²) in [6.45, 7) is 0. The second kappa shape index (κ2) is 6.41. The monoisotopic (exact) mass is 303 g/mol. The van der Waals surface area contributed by atoms with Crippen LogP contribution < -0.4 is 9.47 Å². The summed E-state index contributed by atoms with van der Waals surface area (Å²) in [5, 5.41) is 0.0827. The first-order chi connectivity index (χ1) is 10.1. The highest BCUT2D eigenvalue weighted by atomic mass is 35.5. The zero-order valence-corrected chi connectivity index (χ0v) is 12.2. The van der Waals surface area contributed by atoms with Crippen LogP contribution in [0.4, 0.5) is 0 Å². The summed E-state index contributed by atoms with van der Waals surface area (Å²) in [4.78, 5) is 23.3. The number of hydrogen-bond acceptors (Lipinski definition) is 4. The van der Waals surface area contributed by atoms with Gasteiger partial charge in [-0.2, -0.15) is 0 Å². The van der Waals surface area contributed by atoms with Gasteiger partial charge in [0.05, 0.1) is 19.2 Å². The number of benzene rings is 2. The van der Waals surface area contributed by atoms with E-state index in [4.69, 9.17) is 21.1 Å². The molecular weight excluding hydrogens is 292 g/mol. The Hall–Kier alpha value is -2.33. The van der Waals surface area contributed by atoms with Crippen molar-refractivity contribution in [2.24, 2.45) is 0 Å². The zero-order chi connectivity index (χ0) is 15.4. The van der Waals surface area contributed by atoms with E-state index in [-0.39, 0.29) is 21.9 Å². The summed E-state index contributed by atoms with van der Waals surface area (Å²) >= 11 is 6.06. The summed E-state index contributed by atoms with van der Waals surface area (Å²) in [7, 11) is 3.00. The molecule has 0 aromatic heterocycles. The summed E-state index contributed by atoms with van der Waals surface area (Å²) < 4.78 is 10.3. The van der Waals surface area contributed by atoms with Crippen molar-refractivity contribution in [1.29, 1.82) is 0 Å². The summed E-state index contributed by atoms with van der Waals surface area (Å²) in [5.74, 6) is 0.660. The fraction of sp³-hybridized carbons (Fsp3) is 0.125. The molecule has 0 N–H and O–H groups in total. The molecule has 0 fully saturated rings. The molecule has 0 spiro atoms. The molecule has 2 rings (SSSR count). The van der Waals surface area contributed by atoms with E-state index in [1.165, 1.54) is 20.3 Å². The third kappa shape index (κ3) is 3.06. The number of ketones is 1. The number of rotatable bonds is 5. The van der Waals surface area contributed by atoms with E-state index in [2.05, 4.69) is 0 Å². The van der Waals surface area contributed by atoms with Crippen molar-refractivity contribution in [3.8, 4) is 11.5 Å². The molecule has 2 aromatic carbocycles. The minimum atomic E-state index is -0.325. The lowest BCUT2D eigenvalue weighted by Crippen LogP contribution is -2.04. The molecule has 2 aromatic rings. The molecule has 0 aliphatic heterocycles. The second-order valence-corrected chi connectivity index (χ2v) is 4.58. The smallest absolute Gasteiger partial charge is 0.235 e. The Balaban J connectivity index is 2.52. The molecule has 0 aliphatic carbocycles. The molecule has 107 valence electrons. The van der Waals surface area contributed by atoms with Crippen molar-refractivity contribution in [3.05, 3.63) is 58.1 Å². The van der Waals surface area contributed by atoms with Crippen molar-refractivity contribution < 1.29 is 19.1 Å². The van der Waals surface area contributed by atoms with Crippen LogP contribution in [0.25, 0.3) is 0 Å². The van der Waals surface area contributed by atoms with Gasteiger partial charge in [-0.3, -0.25) is 9.59 Å². The van der Waals surface area contributed by atoms with Crippen LogP contribution in [0.3, 0.4) is 0 Å². The maximum atomic E-state index is 12.5. The Bertz CT molecular complexity index is 672. The Labute approximate surface area is 127 Å². The Morgan fingerprint density at radius 2 is 1.71 bits per heavy atom. The molecule has 1 radical (unpaired) electrons. The van der Waals surface area contributed by atoms with Gasteiger partial charge in [-0.15, -0.1) is 0 Å². The number of hydrogen-bond donors (Lipinski definition) is 0. The van der Waals surface area contributed by atoms with Gasteiger partial charge in [-0.1, -0.05) is 17.7 Å². The molecule has 0 aliphatic rings. The Morgan fingerprint density at radius 1 is 1.10 bits per heavy atom. The molecule has 0 heterocycles. The minimum absolute atomic E-state index is 0.0827. The van der Waals surface area contributed by atoms with Crippen LogP contribution in [0.1, 0.15) is 21.5 Å². The Morgan fingerprint density at radius 3 is 2.24 bits per heavy atom. The van der Waals surface area contributed by atoms with Crippen LogP contribution in [0.15, 0.2) is 36.4 Å². The normalized spacial score (nSPS) is 10.0. The van der Waals surface area contributed by atoms with Crippen molar-refractivity contribution in [2.45, 2.75) is 0 Å². The van der Waals surface area contributed by atoms with E-state index >= 15 is 0 Å².